The fourth-order valence-corrected chi connectivity index (χ4v) is 4.73. The molecule has 1 saturated heterocycles. The quantitative estimate of drug-likeness (QED) is 0.703. The topological polar surface area (TPSA) is 66.8 Å². The highest BCUT2D eigenvalue weighted by Crippen LogP contribution is 2.34. The van der Waals surface area contributed by atoms with Gasteiger partial charge in [0.25, 0.3) is 10.1 Å². The van der Waals surface area contributed by atoms with Gasteiger partial charge < -0.3 is 10.0 Å². The van der Waals surface area contributed by atoms with Gasteiger partial charge in [0.1, 0.15) is 11.8 Å². The average Bonchev–Trinajstić information content (AvgIpc) is 2.62. The first-order chi connectivity index (χ1) is 13.5. The van der Waals surface area contributed by atoms with Crippen LogP contribution in [0.2, 0.25) is 5.02 Å². The van der Waals surface area contributed by atoms with Crippen LogP contribution in [0.5, 0.6) is 0 Å². The summed E-state index contributed by atoms with van der Waals surface area (Å²) in [5, 5.41) is 10.9. The number of halogens is 3. The van der Waals surface area contributed by atoms with Crippen LogP contribution in [0.1, 0.15) is 25.3 Å². The summed E-state index contributed by atoms with van der Waals surface area (Å²) in [5.74, 6) is -1.57. The van der Waals surface area contributed by atoms with Crippen molar-refractivity contribution in [1.82, 2.24) is 0 Å². The highest BCUT2D eigenvalue weighted by Gasteiger charge is 2.41. The summed E-state index contributed by atoms with van der Waals surface area (Å²) in [7, 11) is -4.06. The van der Waals surface area contributed by atoms with Crippen molar-refractivity contribution in [2.75, 3.05) is 18.0 Å². The Labute approximate surface area is 174 Å². The molecule has 1 aliphatic rings. The summed E-state index contributed by atoms with van der Waals surface area (Å²) in [4.78, 5) is 1.47. The summed E-state index contributed by atoms with van der Waals surface area (Å²) in [6.07, 6.45) is -0.867. The van der Waals surface area contributed by atoms with Crippen molar-refractivity contribution >= 4 is 27.4 Å². The van der Waals surface area contributed by atoms with Crippen LogP contribution in [0.25, 0.3) is 0 Å². The fourth-order valence-electron chi connectivity index (χ4n) is 3.40. The molecule has 1 unspecified atom stereocenters. The van der Waals surface area contributed by atoms with Crippen molar-refractivity contribution < 1.29 is 26.5 Å². The van der Waals surface area contributed by atoms with Gasteiger partial charge in [0, 0.05) is 18.1 Å². The van der Waals surface area contributed by atoms with Gasteiger partial charge in [-0.15, -0.1) is 0 Å². The molecule has 5 nitrogen and oxygen atoms in total. The molecule has 0 bridgehead atoms. The zero-order valence-electron chi connectivity index (χ0n) is 16.0. The molecular weight excluding hydrogens is 424 g/mol. The van der Waals surface area contributed by atoms with Crippen LogP contribution >= 0.6 is 11.6 Å². The number of aryl methyl sites for hydroxylation is 1. The van der Waals surface area contributed by atoms with E-state index in [9.17, 15) is 22.3 Å². The predicted octanol–water partition coefficient (Wildman–Crippen LogP) is 4.05. The molecule has 29 heavy (non-hydrogen) atoms. The Hall–Kier alpha value is -1.74. The van der Waals surface area contributed by atoms with Crippen molar-refractivity contribution in [2.24, 2.45) is 0 Å². The molecule has 158 valence electrons. The molecule has 1 fully saturated rings. The van der Waals surface area contributed by atoms with Crippen LogP contribution in [0.4, 0.5) is 14.5 Å². The minimum Gasteiger partial charge on any atom is -0.387 e. The lowest BCUT2D eigenvalue weighted by Crippen LogP contribution is -2.52. The molecule has 0 aromatic heterocycles. The number of hydrogen-bond donors (Lipinski definition) is 1. The van der Waals surface area contributed by atoms with Gasteiger partial charge in [0.2, 0.25) is 0 Å². The fraction of sp³-hybridized carbons (Fsp3) is 0.400. The molecule has 1 N–H and O–H groups in total. The third-order valence-corrected chi connectivity index (χ3v) is 6.87. The van der Waals surface area contributed by atoms with E-state index in [1.165, 1.54) is 24.0 Å². The third kappa shape index (κ3) is 4.71. The number of rotatable bonds is 5. The molecule has 2 aromatic carbocycles. The van der Waals surface area contributed by atoms with Crippen molar-refractivity contribution in [2.45, 2.75) is 43.3 Å². The van der Waals surface area contributed by atoms with Gasteiger partial charge in [-0.3, -0.25) is 4.18 Å². The molecule has 1 atom stereocenters. The number of aliphatic hydroxyl groups is 1. The normalized spacial score (nSPS) is 17.9. The standard InChI is InChI=1S/C20H22ClF2NO4S/c1-13-3-5-16(6-4-13)29(26,27)28-14(2)20(25)7-9-24(10-8-20)19-17(22)11-15(21)12-18(19)23/h3-6,11-12,14,25H,7-10H2,1-2H3. The Morgan fingerprint density at radius 2 is 1.66 bits per heavy atom. The maximum atomic E-state index is 14.2. The monoisotopic (exact) mass is 445 g/mol. The Kier molecular flexibility index (Phi) is 6.19. The highest BCUT2D eigenvalue weighted by molar-refractivity contribution is 7.86. The van der Waals surface area contributed by atoms with E-state index in [0.29, 0.717) is 0 Å². The van der Waals surface area contributed by atoms with Gasteiger partial charge in [-0.25, -0.2) is 8.78 Å². The van der Waals surface area contributed by atoms with Gasteiger partial charge in [-0.05, 0) is 51.0 Å². The molecule has 0 spiro atoms. The van der Waals surface area contributed by atoms with Crippen LogP contribution in [0, 0.1) is 18.6 Å². The highest BCUT2D eigenvalue weighted by atomic mass is 35.5. The second-order valence-electron chi connectivity index (χ2n) is 7.31. The number of hydrogen-bond acceptors (Lipinski definition) is 5. The molecule has 1 aliphatic heterocycles. The summed E-state index contributed by atoms with van der Waals surface area (Å²) >= 11 is 5.66. The number of piperidine rings is 1. The van der Waals surface area contributed by atoms with Crippen molar-refractivity contribution in [3.63, 3.8) is 0 Å². The molecular formula is C20H22ClF2NO4S. The lowest BCUT2D eigenvalue weighted by atomic mass is 9.86. The molecule has 0 aliphatic carbocycles. The van der Waals surface area contributed by atoms with Crippen LogP contribution in [0.3, 0.4) is 0 Å². The lowest BCUT2D eigenvalue weighted by Gasteiger charge is -2.42. The van der Waals surface area contributed by atoms with E-state index in [-0.39, 0.29) is 41.5 Å². The van der Waals surface area contributed by atoms with Crippen molar-refractivity contribution in [3.8, 4) is 0 Å². The second-order valence-corrected chi connectivity index (χ2v) is 9.32. The van der Waals surface area contributed by atoms with Gasteiger partial charge in [-0.2, -0.15) is 8.42 Å². The minimum atomic E-state index is -4.06. The molecule has 2 aromatic rings. The zero-order valence-corrected chi connectivity index (χ0v) is 17.6. The first kappa shape index (κ1) is 22.0. The van der Waals surface area contributed by atoms with E-state index < -0.39 is 33.5 Å². The van der Waals surface area contributed by atoms with E-state index in [4.69, 9.17) is 15.8 Å². The Balaban J connectivity index is 1.71. The first-order valence-electron chi connectivity index (χ1n) is 9.14. The maximum Gasteiger partial charge on any atom is 0.297 e. The van der Waals surface area contributed by atoms with E-state index in [1.54, 1.807) is 12.1 Å². The first-order valence-corrected chi connectivity index (χ1v) is 10.9. The summed E-state index contributed by atoms with van der Waals surface area (Å²) < 4.78 is 58.5. The van der Waals surface area contributed by atoms with Gasteiger partial charge in [-0.1, -0.05) is 29.3 Å². The molecule has 0 amide bonds. The van der Waals surface area contributed by atoms with E-state index in [2.05, 4.69) is 0 Å². The van der Waals surface area contributed by atoms with Crippen molar-refractivity contribution in [1.29, 1.82) is 0 Å². The molecule has 0 radical (unpaired) electrons. The summed E-state index contributed by atoms with van der Waals surface area (Å²) in [6, 6.07) is 8.25. The summed E-state index contributed by atoms with van der Waals surface area (Å²) in [5.41, 5.74) is -0.754. The largest absolute Gasteiger partial charge is 0.387 e. The van der Waals surface area contributed by atoms with Crippen LogP contribution < -0.4 is 4.90 Å². The van der Waals surface area contributed by atoms with E-state index >= 15 is 0 Å². The number of anilines is 1. The average molecular weight is 446 g/mol. The molecule has 0 saturated carbocycles. The van der Waals surface area contributed by atoms with Crippen LogP contribution in [-0.2, 0) is 14.3 Å². The Morgan fingerprint density at radius 3 is 2.17 bits per heavy atom. The predicted molar refractivity (Wildman–Crippen MR) is 107 cm³/mol. The maximum absolute atomic E-state index is 14.2. The zero-order chi connectivity index (χ0) is 21.4. The Morgan fingerprint density at radius 1 is 1.14 bits per heavy atom. The van der Waals surface area contributed by atoms with Crippen molar-refractivity contribution in [3.05, 3.63) is 58.6 Å². The Bertz CT molecular complexity index is 967. The smallest absolute Gasteiger partial charge is 0.297 e. The SMILES string of the molecule is Cc1ccc(S(=O)(=O)OC(C)C2(O)CCN(c3c(F)cc(Cl)cc3F)CC2)cc1. The van der Waals surface area contributed by atoms with Crippen LogP contribution in [0.15, 0.2) is 41.3 Å². The van der Waals surface area contributed by atoms with Gasteiger partial charge >= 0.3 is 0 Å². The second kappa shape index (κ2) is 8.18. The van der Waals surface area contributed by atoms with Gasteiger partial charge in [0.05, 0.1) is 10.5 Å². The van der Waals surface area contributed by atoms with Crippen LogP contribution in [-0.4, -0.2) is 38.3 Å². The molecule has 1 heterocycles. The molecule has 3 rings (SSSR count). The third-order valence-electron chi connectivity index (χ3n) is 5.26. The number of nitrogens with zero attached hydrogens (tertiary/aromatic N) is 1. The number of benzene rings is 2. The minimum absolute atomic E-state index is 0.00120. The lowest BCUT2D eigenvalue weighted by molar-refractivity contribution is -0.0673. The summed E-state index contributed by atoms with van der Waals surface area (Å²) in [6.45, 7) is 3.57. The molecule has 9 heteroatoms. The van der Waals surface area contributed by atoms with Gasteiger partial charge in [0.15, 0.2) is 11.6 Å². The van der Waals surface area contributed by atoms with E-state index in [0.717, 1.165) is 17.7 Å². The van der Waals surface area contributed by atoms with E-state index in [1.807, 2.05) is 6.92 Å².